The van der Waals surface area contributed by atoms with E-state index in [1.54, 1.807) is 19.4 Å². The molecule has 0 saturated heterocycles. The van der Waals surface area contributed by atoms with Crippen LogP contribution in [-0.2, 0) is 7.05 Å². The van der Waals surface area contributed by atoms with E-state index in [9.17, 15) is 9.59 Å². The summed E-state index contributed by atoms with van der Waals surface area (Å²) in [5.74, 6) is 0. The summed E-state index contributed by atoms with van der Waals surface area (Å²) >= 11 is 0. The van der Waals surface area contributed by atoms with Gasteiger partial charge in [0, 0.05) is 31.2 Å². The molecule has 0 aliphatic heterocycles. The zero-order chi connectivity index (χ0) is 11.7. The first kappa shape index (κ1) is 10.4. The summed E-state index contributed by atoms with van der Waals surface area (Å²) in [6.45, 7) is 1.89. The second-order valence-electron chi connectivity index (χ2n) is 3.60. The van der Waals surface area contributed by atoms with Gasteiger partial charge in [-0.2, -0.15) is 0 Å². The maximum absolute atomic E-state index is 11.6. The van der Waals surface area contributed by atoms with E-state index in [2.05, 4.69) is 9.97 Å². The van der Waals surface area contributed by atoms with E-state index in [0.717, 1.165) is 11.1 Å². The molecule has 2 rings (SSSR count). The number of nitrogens with zero attached hydrogens (tertiary/aromatic N) is 2. The average molecular weight is 217 g/mol. The van der Waals surface area contributed by atoms with Crippen LogP contribution in [0, 0.1) is 6.92 Å². The van der Waals surface area contributed by atoms with E-state index < -0.39 is 5.69 Å². The molecule has 2 aromatic rings. The Hall–Kier alpha value is -2.17. The third-order valence-electron chi connectivity index (χ3n) is 2.44. The molecule has 0 aromatic carbocycles. The smallest absolute Gasteiger partial charge is 0.303 e. The Morgan fingerprint density at radius 1 is 1.31 bits per heavy atom. The molecule has 82 valence electrons. The van der Waals surface area contributed by atoms with Gasteiger partial charge in [0.2, 0.25) is 0 Å². The first-order chi connectivity index (χ1) is 7.59. The Balaban J connectivity index is 2.75. The fourth-order valence-electron chi connectivity index (χ4n) is 1.50. The molecule has 5 heteroatoms. The van der Waals surface area contributed by atoms with Gasteiger partial charge in [-0.15, -0.1) is 0 Å². The van der Waals surface area contributed by atoms with Crippen LogP contribution >= 0.6 is 0 Å². The molecule has 2 aromatic heterocycles. The number of aromatic amines is 1. The predicted molar refractivity (Wildman–Crippen MR) is 60.3 cm³/mol. The monoisotopic (exact) mass is 217 g/mol. The van der Waals surface area contributed by atoms with Gasteiger partial charge in [0.1, 0.15) is 0 Å². The van der Waals surface area contributed by atoms with E-state index >= 15 is 0 Å². The van der Waals surface area contributed by atoms with Crippen LogP contribution in [-0.4, -0.2) is 14.5 Å². The molecule has 0 amide bonds. The Morgan fingerprint density at radius 3 is 2.75 bits per heavy atom. The van der Waals surface area contributed by atoms with Crippen LogP contribution in [0.3, 0.4) is 0 Å². The van der Waals surface area contributed by atoms with Crippen molar-refractivity contribution in [1.29, 1.82) is 0 Å². The van der Waals surface area contributed by atoms with Crippen molar-refractivity contribution in [3.05, 3.63) is 51.1 Å². The third kappa shape index (κ3) is 1.67. The molecular weight excluding hydrogens is 206 g/mol. The van der Waals surface area contributed by atoms with Crippen molar-refractivity contribution in [1.82, 2.24) is 14.5 Å². The van der Waals surface area contributed by atoms with Crippen molar-refractivity contribution in [2.45, 2.75) is 6.92 Å². The molecule has 1 N–H and O–H groups in total. The van der Waals surface area contributed by atoms with Crippen molar-refractivity contribution in [2.24, 2.45) is 7.05 Å². The highest BCUT2D eigenvalue weighted by Gasteiger charge is 2.07. The number of aryl methyl sites for hydroxylation is 2. The van der Waals surface area contributed by atoms with Gasteiger partial charge >= 0.3 is 5.69 Å². The zero-order valence-corrected chi connectivity index (χ0v) is 9.02. The number of hydrogen-bond acceptors (Lipinski definition) is 3. The topological polar surface area (TPSA) is 67.8 Å². The maximum Gasteiger partial charge on any atom is 0.328 e. The fourth-order valence-corrected chi connectivity index (χ4v) is 1.50. The van der Waals surface area contributed by atoms with Crippen LogP contribution in [0.15, 0.2) is 34.2 Å². The predicted octanol–water partition coefficient (Wildman–Crippen LogP) is 0.444. The minimum Gasteiger partial charge on any atom is -0.303 e. The first-order valence-electron chi connectivity index (χ1n) is 4.80. The van der Waals surface area contributed by atoms with E-state index in [0.29, 0.717) is 5.56 Å². The largest absolute Gasteiger partial charge is 0.328 e. The van der Waals surface area contributed by atoms with Gasteiger partial charge < -0.3 is 4.57 Å². The van der Waals surface area contributed by atoms with Crippen LogP contribution in [0.25, 0.3) is 11.1 Å². The lowest BCUT2D eigenvalue weighted by Crippen LogP contribution is -2.28. The zero-order valence-electron chi connectivity index (χ0n) is 9.02. The Bertz CT molecular complexity index is 640. The average Bonchev–Trinajstić information content (AvgIpc) is 2.25. The standard InChI is InChI=1S/C11H11N3O2/c1-7-3-4-12-5-8(7)9-6-14(2)11(16)13-10(9)15/h3-6H,1-2H3,(H,13,15,16). The lowest BCUT2D eigenvalue weighted by Gasteiger charge is -2.05. The summed E-state index contributed by atoms with van der Waals surface area (Å²) in [6.07, 6.45) is 4.80. The minimum absolute atomic E-state index is 0.390. The lowest BCUT2D eigenvalue weighted by molar-refractivity contribution is 0.802. The van der Waals surface area contributed by atoms with Gasteiger partial charge in [-0.05, 0) is 18.6 Å². The number of pyridine rings is 1. The van der Waals surface area contributed by atoms with E-state index in [1.807, 2.05) is 13.0 Å². The third-order valence-corrected chi connectivity index (χ3v) is 2.44. The number of rotatable bonds is 1. The van der Waals surface area contributed by atoms with Crippen molar-refractivity contribution < 1.29 is 0 Å². The Morgan fingerprint density at radius 2 is 2.06 bits per heavy atom. The highest BCUT2D eigenvalue weighted by molar-refractivity contribution is 5.63. The second kappa shape index (κ2) is 3.77. The Labute approximate surface area is 91.4 Å². The number of H-pyrrole nitrogens is 1. The number of hydrogen-bond donors (Lipinski definition) is 1. The highest BCUT2D eigenvalue weighted by Crippen LogP contribution is 2.16. The fraction of sp³-hybridized carbons (Fsp3) is 0.182. The molecule has 0 aliphatic carbocycles. The number of nitrogens with one attached hydrogen (secondary N) is 1. The molecule has 0 aliphatic rings. The normalized spacial score (nSPS) is 10.4. The molecule has 0 bridgehead atoms. The second-order valence-corrected chi connectivity index (χ2v) is 3.60. The van der Waals surface area contributed by atoms with Crippen LogP contribution in [0.2, 0.25) is 0 Å². The lowest BCUT2D eigenvalue weighted by atomic mass is 10.1. The Kier molecular flexibility index (Phi) is 2.44. The van der Waals surface area contributed by atoms with Crippen LogP contribution in [0.4, 0.5) is 0 Å². The summed E-state index contributed by atoms with van der Waals surface area (Å²) < 4.78 is 1.34. The molecule has 0 fully saturated rings. The van der Waals surface area contributed by atoms with Crippen molar-refractivity contribution in [2.75, 3.05) is 0 Å². The van der Waals surface area contributed by atoms with Crippen LogP contribution in [0.1, 0.15) is 5.56 Å². The van der Waals surface area contributed by atoms with Gasteiger partial charge in [-0.25, -0.2) is 4.79 Å². The van der Waals surface area contributed by atoms with Crippen molar-refractivity contribution in [3.63, 3.8) is 0 Å². The molecule has 0 radical (unpaired) electrons. The summed E-state index contributed by atoms with van der Waals surface area (Å²) in [7, 11) is 1.59. The van der Waals surface area contributed by atoms with Crippen molar-refractivity contribution in [3.8, 4) is 11.1 Å². The van der Waals surface area contributed by atoms with Crippen LogP contribution in [0.5, 0.6) is 0 Å². The van der Waals surface area contributed by atoms with Crippen LogP contribution < -0.4 is 11.2 Å². The SMILES string of the molecule is Cc1ccncc1-c1cn(C)c(=O)[nH]c1=O. The first-order valence-corrected chi connectivity index (χ1v) is 4.80. The molecule has 0 unspecified atom stereocenters. The van der Waals surface area contributed by atoms with E-state index in [-0.39, 0.29) is 5.56 Å². The quantitative estimate of drug-likeness (QED) is 0.753. The van der Waals surface area contributed by atoms with Gasteiger partial charge in [0.15, 0.2) is 0 Å². The molecular formula is C11H11N3O2. The highest BCUT2D eigenvalue weighted by atomic mass is 16.2. The molecule has 2 heterocycles. The number of aromatic nitrogens is 3. The van der Waals surface area contributed by atoms with Gasteiger partial charge in [-0.3, -0.25) is 14.8 Å². The van der Waals surface area contributed by atoms with E-state index in [4.69, 9.17) is 0 Å². The molecule has 16 heavy (non-hydrogen) atoms. The summed E-state index contributed by atoms with van der Waals surface area (Å²) in [4.78, 5) is 29.1. The van der Waals surface area contributed by atoms with Gasteiger partial charge in [0.05, 0.1) is 5.56 Å². The van der Waals surface area contributed by atoms with Gasteiger partial charge in [0.25, 0.3) is 5.56 Å². The molecule has 5 nitrogen and oxygen atoms in total. The molecule has 0 spiro atoms. The molecule has 0 atom stereocenters. The van der Waals surface area contributed by atoms with Gasteiger partial charge in [-0.1, -0.05) is 0 Å². The minimum atomic E-state index is -0.421. The summed E-state index contributed by atoms with van der Waals surface area (Å²) in [6, 6.07) is 1.82. The maximum atomic E-state index is 11.6. The van der Waals surface area contributed by atoms with E-state index in [1.165, 1.54) is 10.8 Å². The summed E-state index contributed by atoms with van der Waals surface area (Å²) in [5.41, 5.74) is 1.32. The van der Waals surface area contributed by atoms with Crippen molar-refractivity contribution >= 4 is 0 Å². The molecule has 0 saturated carbocycles. The summed E-state index contributed by atoms with van der Waals surface area (Å²) in [5, 5.41) is 0.